The Kier molecular flexibility index (Phi) is 6.54. The van der Waals surface area contributed by atoms with Crippen LogP contribution in [-0.4, -0.2) is 28.5 Å². The van der Waals surface area contributed by atoms with E-state index in [1.165, 1.54) is 0 Å². The molecule has 0 bridgehead atoms. The standard InChI is InChI=1S/C17H22ClF3N2O2/c1-2-4-12-5-3-7-22(8-6-12)15(24)11-23-10-13(17(19,20)21)9-14(18)16(23)25/h9-10,12H,2-8,11H2,1H3. The number of amides is 1. The van der Waals surface area contributed by atoms with Crippen LogP contribution in [0.4, 0.5) is 13.2 Å². The summed E-state index contributed by atoms with van der Waals surface area (Å²) in [5, 5.41) is -0.540. The Labute approximate surface area is 149 Å². The zero-order valence-corrected chi connectivity index (χ0v) is 14.9. The van der Waals surface area contributed by atoms with Crippen LogP contribution in [0, 0.1) is 5.92 Å². The molecule has 0 aromatic carbocycles. The molecule has 1 fully saturated rings. The normalized spacial score (nSPS) is 18.9. The van der Waals surface area contributed by atoms with Crippen molar-refractivity contribution >= 4 is 17.5 Å². The highest BCUT2D eigenvalue weighted by Crippen LogP contribution is 2.29. The number of hydrogen-bond donors (Lipinski definition) is 0. The van der Waals surface area contributed by atoms with E-state index in [0.29, 0.717) is 31.3 Å². The van der Waals surface area contributed by atoms with Crippen LogP contribution in [0.3, 0.4) is 0 Å². The molecule has 2 heterocycles. The first-order chi connectivity index (χ1) is 11.7. The SMILES string of the molecule is CCCC1CCCN(C(=O)Cn2cc(C(F)(F)F)cc(Cl)c2=O)CC1. The lowest BCUT2D eigenvalue weighted by Gasteiger charge is -2.21. The molecule has 0 radical (unpaired) electrons. The first kappa shape index (κ1) is 19.8. The lowest BCUT2D eigenvalue weighted by molar-refractivity contribution is -0.138. The first-order valence-corrected chi connectivity index (χ1v) is 8.85. The number of carbonyl (C=O) groups excluding carboxylic acids is 1. The van der Waals surface area contributed by atoms with Crippen molar-refractivity contribution in [2.45, 2.75) is 51.7 Å². The van der Waals surface area contributed by atoms with Crippen molar-refractivity contribution in [2.75, 3.05) is 13.1 Å². The van der Waals surface area contributed by atoms with Crippen molar-refractivity contribution in [1.82, 2.24) is 9.47 Å². The summed E-state index contributed by atoms with van der Waals surface area (Å²) in [5.74, 6) is 0.225. The van der Waals surface area contributed by atoms with Crippen LogP contribution in [-0.2, 0) is 17.5 Å². The summed E-state index contributed by atoms with van der Waals surface area (Å²) in [4.78, 5) is 26.1. The highest BCUT2D eigenvalue weighted by Gasteiger charge is 2.32. The van der Waals surface area contributed by atoms with Gasteiger partial charge in [-0.1, -0.05) is 31.4 Å². The third-order valence-electron chi connectivity index (χ3n) is 4.57. The van der Waals surface area contributed by atoms with Gasteiger partial charge in [-0.15, -0.1) is 0 Å². The lowest BCUT2D eigenvalue weighted by Crippen LogP contribution is -2.37. The summed E-state index contributed by atoms with van der Waals surface area (Å²) in [6.45, 7) is 2.84. The van der Waals surface area contributed by atoms with Crippen LogP contribution >= 0.6 is 11.6 Å². The van der Waals surface area contributed by atoms with Gasteiger partial charge in [-0.25, -0.2) is 0 Å². The molecule has 1 amide bonds. The minimum atomic E-state index is -4.63. The fraction of sp³-hybridized carbons (Fsp3) is 0.647. The number of halogens is 4. The quantitative estimate of drug-likeness (QED) is 0.796. The van der Waals surface area contributed by atoms with Crippen molar-refractivity contribution in [2.24, 2.45) is 5.92 Å². The average molecular weight is 379 g/mol. The Bertz CT molecular complexity index is 673. The number of pyridine rings is 1. The molecule has 1 saturated heterocycles. The van der Waals surface area contributed by atoms with Gasteiger partial charge in [0.25, 0.3) is 5.56 Å². The van der Waals surface area contributed by atoms with Crippen LogP contribution < -0.4 is 5.56 Å². The van der Waals surface area contributed by atoms with Gasteiger partial charge in [-0.05, 0) is 31.2 Å². The van der Waals surface area contributed by atoms with Crippen molar-refractivity contribution in [3.05, 3.63) is 33.2 Å². The van der Waals surface area contributed by atoms with Crippen LogP contribution in [0.1, 0.15) is 44.6 Å². The second-order valence-corrected chi connectivity index (χ2v) is 6.88. The number of nitrogens with zero attached hydrogens (tertiary/aromatic N) is 2. The fourth-order valence-corrected chi connectivity index (χ4v) is 3.46. The van der Waals surface area contributed by atoms with Gasteiger partial charge in [-0.2, -0.15) is 13.2 Å². The molecule has 1 aliphatic rings. The van der Waals surface area contributed by atoms with Crippen molar-refractivity contribution in [3.8, 4) is 0 Å². The van der Waals surface area contributed by atoms with Gasteiger partial charge in [0, 0.05) is 19.3 Å². The van der Waals surface area contributed by atoms with Gasteiger partial charge in [-0.3, -0.25) is 9.59 Å². The summed E-state index contributed by atoms with van der Waals surface area (Å²) < 4.78 is 39.4. The van der Waals surface area contributed by atoms with E-state index in [-0.39, 0.29) is 5.91 Å². The lowest BCUT2D eigenvalue weighted by atomic mass is 9.96. The Balaban J connectivity index is 2.12. The summed E-state index contributed by atoms with van der Waals surface area (Å²) in [7, 11) is 0. The molecule has 0 saturated carbocycles. The fourth-order valence-electron chi connectivity index (χ4n) is 3.23. The molecule has 4 nitrogen and oxygen atoms in total. The van der Waals surface area contributed by atoms with Crippen LogP contribution in [0.2, 0.25) is 5.02 Å². The molecular weight excluding hydrogens is 357 g/mol. The van der Waals surface area contributed by atoms with Crippen LogP contribution in [0.5, 0.6) is 0 Å². The molecule has 1 aliphatic heterocycles. The van der Waals surface area contributed by atoms with Crippen molar-refractivity contribution < 1.29 is 18.0 Å². The minimum absolute atomic E-state index is 0.352. The molecule has 0 aliphatic carbocycles. The molecule has 1 aromatic heterocycles. The van der Waals surface area contributed by atoms with E-state index in [9.17, 15) is 22.8 Å². The predicted molar refractivity (Wildman–Crippen MR) is 89.5 cm³/mol. The molecule has 2 rings (SSSR count). The van der Waals surface area contributed by atoms with E-state index in [4.69, 9.17) is 11.6 Å². The van der Waals surface area contributed by atoms with E-state index in [1.807, 2.05) is 0 Å². The number of rotatable bonds is 4. The third-order valence-corrected chi connectivity index (χ3v) is 4.84. The Morgan fingerprint density at radius 1 is 1.32 bits per heavy atom. The highest BCUT2D eigenvalue weighted by atomic mass is 35.5. The van der Waals surface area contributed by atoms with E-state index >= 15 is 0 Å². The molecule has 1 aromatic rings. The molecular formula is C17H22ClF3N2O2. The van der Waals surface area contributed by atoms with E-state index in [0.717, 1.165) is 36.7 Å². The summed E-state index contributed by atoms with van der Waals surface area (Å²) in [6.07, 6.45) is 1.04. The second kappa shape index (κ2) is 8.25. The van der Waals surface area contributed by atoms with Gasteiger partial charge in [0.2, 0.25) is 5.91 Å². The molecule has 0 N–H and O–H groups in total. The third kappa shape index (κ3) is 5.23. The smallest absolute Gasteiger partial charge is 0.341 e. The number of alkyl halides is 3. The summed E-state index contributed by atoms with van der Waals surface area (Å²) in [5.41, 5.74) is -1.83. The zero-order valence-electron chi connectivity index (χ0n) is 14.1. The van der Waals surface area contributed by atoms with E-state index in [2.05, 4.69) is 6.92 Å². The Morgan fingerprint density at radius 2 is 2.04 bits per heavy atom. The molecule has 0 spiro atoms. The largest absolute Gasteiger partial charge is 0.417 e. The topological polar surface area (TPSA) is 42.3 Å². The van der Waals surface area contributed by atoms with Crippen LogP contribution in [0.25, 0.3) is 0 Å². The number of carbonyl (C=O) groups is 1. The Hall–Kier alpha value is -1.50. The van der Waals surface area contributed by atoms with Gasteiger partial charge < -0.3 is 9.47 Å². The highest BCUT2D eigenvalue weighted by molar-refractivity contribution is 6.30. The van der Waals surface area contributed by atoms with Gasteiger partial charge in [0.1, 0.15) is 11.6 Å². The molecule has 140 valence electrons. The number of hydrogen-bond acceptors (Lipinski definition) is 2. The van der Waals surface area contributed by atoms with E-state index < -0.39 is 28.9 Å². The molecule has 8 heteroatoms. The first-order valence-electron chi connectivity index (χ1n) is 8.47. The number of aromatic nitrogens is 1. The molecule has 1 atom stereocenters. The average Bonchev–Trinajstić information content (AvgIpc) is 2.76. The summed E-state index contributed by atoms with van der Waals surface area (Å²) >= 11 is 5.62. The molecule has 25 heavy (non-hydrogen) atoms. The maximum absolute atomic E-state index is 12.9. The van der Waals surface area contributed by atoms with E-state index in [1.54, 1.807) is 4.90 Å². The predicted octanol–water partition coefficient (Wildman–Crippen LogP) is 3.95. The van der Waals surface area contributed by atoms with Gasteiger partial charge in [0.15, 0.2) is 0 Å². The second-order valence-electron chi connectivity index (χ2n) is 6.47. The zero-order chi connectivity index (χ0) is 18.6. The Morgan fingerprint density at radius 3 is 2.68 bits per heavy atom. The van der Waals surface area contributed by atoms with Gasteiger partial charge >= 0.3 is 6.18 Å². The van der Waals surface area contributed by atoms with Crippen molar-refractivity contribution in [3.63, 3.8) is 0 Å². The van der Waals surface area contributed by atoms with Crippen LogP contribution in [0.15, 0.2) is 17.1 Å². The maximum atomic E-state index is 12.9. The molecule has 1 unspecified atom stereocenters. The maximum Gasteiger partial charge on any atom is 0.417 e. The number of likely N-dealkylation sites (tertiary alicyclic amines) is 1. The van der Waals surface area contributed by atoms with Gasteiger partial charge in [0.05, 0.1) is 5.56 Å². The monoisotopic (exact) mass is 378 g/mol. The minimum Gasteiger partial charge on any atom is -0.341 e. The summed E-state index contributed by atoms with van der Waals surface area (Å²) in [6, 6.07) is 0.589. The van der Waals surface area contributed by atoms with Crippen molar-refractivity contribution in [1.29, 1.82) is 0 Å².